The molecule has 2 aromatic heterocycles. The lowest BCUT2D eigenvalue weighted by molar-refractivity contribution is 0.210. The maximum absolute atomic E-state index is 6.14. The maximum atomic E-state index is 6.14. The van der Waals surface area contributed by atoms with Crippen LogP contribution in [0.1, 0.15) is 54.8 Å². The highest BCUT2D eigenvalue weighted by Gasteiger charge is 2.41. The number of H-pyrrole nitrogens is 1. The molecule has 5 rings (SSSR count). The molecule has 5 nitrogen and oxygen atoms in total. The SMILES string of the molecule is Cc1ccc([C@H]2[C@@H](c3ccccn3)NC(=S)N2c2ccc(OC3CCCC3)cc2)[nH]1. The predicted molar refractivity (Wildman–Crippen MR) is 123 cm³/mol. The van der Waals surface area contributed by atoms with Crippen molar-refractivity contribution in [1.82, 2.24) is 15.3 Å². The fourth-order valence-corrected chi connectivity index (χ4v) is 4.88. The average Bonchev–Trinajstić information content (AvgIpc) is 3.50. The highest BCUT2D eigenvalue weighted by molar-refractivity contribution is 7.80. The molecule has 1 saturated heterocycles. The lowest BCUT2D eigenvalue weighted by Crippen LogP contribution is -2.29. The Labute approximate surface area is 182 Å². The van der Waals surface area contributed by atoms with E-state index in [1.807, 2.05) is 24.4 Å². The molecule has 1 aliphatic heterocycles. The molecular weight excluding hydrogens is 392 g/mol. The van der Waals surface area contributed by atoms with Gasteiger partial charge in [0.05, 0.1) is 17.8 Å². The zero-order valence-corrected chi connectivity index (χ0v) is 17.9. The molecule has 2 N–H and O–H groups in total. The van der Waals surface area contributed by atoms with Crippen molar-refractivity contribution < 1.29 is 4.74 Å². The first-order chi connectivity index (χ1) is 14.7. The molecule has 6 heteroatoms. The van der Waals surface area contributed by atoms with E-state index < -0.39 is 0 Å². The summed E-state index contributed by atoms with van der Waals surface area (Å²) in [5.74, 6) is 0.928. The van der Waals surface area contributed by atoms with Gasteiger partial charge in [0.2, 0.25) is 0 Å². The molecule has 0 amide bonds. The minimum absolute atomic E-state index is 0.0114. The summed E-state index contributed by atoms with van der Waals surface area (Å²) in [5.41, 5.74) is 4.26. The van der Waals surface area contributed by atoms with Crippen molar-refractivity contribution in [3.05, 3.63) is 77.9 Å². The van der Waals surface area contributed by atoms with E-state index in [1.165, 1.54) is 12.8 Å². The number of aromatic amines is 1. The standard InChI is InChI=1S/C24H26N4OS/c1-16-9-14-21(26-16)23-22(20-8-4-5-15-25-20)27-24(30)28(23)17-10-12-19(13-11-17)29-18-6-2-3-7-18/h4-5,8-15,18,22-23,26H,2-3,6-7H2,1H3,(H,27,30)/t22-,23+/m1/s1. The van der Waals surface area contributed by atoms with E-state index in [9.17, 15) is 0 Å². The van der Waals surface area contributed by atoms with Gasteiger partial charge in [0.25, 0.3) is 0 Å². The summed E-state index contributed by atoms with van der Waals surface area (Å²) in [6, 6.07) is 18.5. The number of anilines is 1. The Bertz CT molecular complexity index is 1010. The zero-order valence-electron chi connectivity index (χ0n) is 17.0. The zero-order chi connectivity index (χ0) is 20.5. The second-order valence-corrected chi connectivity index (χ2v) is 8.50. The smallest absolute Gasteiger partial charge is 0.174 e. The number of ether oxygens (including phenoxy) is 1. The van der Waals surface area contributed by atoms with Crippen LogP contribution in [-0.2, 0) is 0 Å². The molecule has 1 saturated carbocycles. The van der Waals surface area contributed by atoms with Crippen LogP contribution in [0.15, 0.2) is 60.8 Å². The van der Waals surface area contributed by atoms with Gasteiger partial charge < -0.3 is 19.9 Å². The molecule has 1 aromatic carbocycles. The van der Waals surface area contributed by atoms with Crippen LogP contribution in [-0.4, -0.2) is 21.2 Å². The van der Waals surface area contributed by atoms with Gasteiger partial charge in [-0.2, -0.15) is 0 Å². The number of pyridine rings is 1. The van der Waals surface area contributed by atoms with Gasteiger partial charge in [-0.25, -0.2) is 0 Å². The molecule has 2 atom stereocenters. The Morgan fingerprint density at radius 3 is 2.50 bits per heavy atom. The van der Waals surface area contributed by atoms with E-state index in [0.29, 0.717) is 11.2 Å². The first-order valence-electron chi connectivity index (χ1n) is 10.6. The van der Waals surface area contributed by atoms with Gasteiger partial charge in [0, 0.05) is 23.3 Å². The fourth-order valence-electron chi connectivity index (χ4n) is 4.53. The first kappa shape index (κ1) is 19.1. The van der Waals surface area contributed by atoms with Crippen LogP contribution in [0.2, 0.25) is 0 Å². The predicted octanol–water partition coefficient (Wildman–Crippen LogP) is 5.22. The van der Waals surface area contributed by atoms with Gasteiger partial charge in [-0.3, -0.25) is 4.98 Å². The van der Waals surface area contributed by atoms with Crippen LogP contribution in [0.3, 0.4) is 0 Å². The Morgan fingerprint density at radius 2 is 1.83 bits per heavy atom. The molecule has 30 heavy (non-hydrogen) atoms. The van der Waals surface area contributed by atoms with Gasteiger partial charge in [-0.1, -0.05) is 6.07 Å². The minimum atomic E-state index is -0.0360. The highest BCUT2D eigenvalue weighted by atomic mass is 32.1. The van der Waals surface area contributed by atoms with E-state index >= 15 is 0 Å². The summed E-state index contributed by atoms with van der Waals surface area (Å²) in [6.45, 7) is 2.07. The summed E-state index contributed by atoms with van der Waals surface area (Å²) in [5, 5.41) is 4.19. The number of rotatable bonds is 5. The van der Waals surface area contributed by atoms with E-state index in [4.69, 9.17) is 17.0 Å². The van der Waals surface area contributed by atoms with Crippen LogP contribution < -0.4 is 15.0 Å². The molecular formula is C24H26N4OS. The number of aryl methyl sites for hydroxylation is 1. The second kappa shape index (κ2) is 8.11. The lowest BCUT2D eigenvalue weighted by atomic mass is 10.0. The topological polar surface area (TPSA) is 53.2 Å². The number of benzene rings is 1. The third-order valence-electron chi connectivity index (χ3n) is 5.99. The normalized spacial score (nSPS) is 21.8. The summed E-state index contributed by atoms with van der Waals surface area (Å²) < 4.78 is 6.14. The Balaban J connectivity index is 1.46. The molecule has 154 valence electrons. The number of hydrogen-bond donors (Lipinski definition) is 2. The first-order valence-corrected chi connectivity index (χ1v) is 11.0. The molecule has 0 bridgehead atoms. The van der Waals surface area contributed by atoms with Crippen LogP contribution in [0.4, 0.5) is 5.69 Å². The van der Waals surface area contributed by atoms with Crippen molar-refractivity contribution in [2.24, 2.45) is 0 Å². The summed E-state index contributed by atoms with van der Waals surface area (Å²) >= 11 is 5.77. The Morgan fingerprint density at radius 1 is 1.03 bits per heavy atom. The fraction of sp³-hybridized carbons (Fsp3) is 0.333. The van der Waals surface area contributed by atoms with Gasteiger partial charge >= 0.3 is 0 Å². The monoisotopic (exact) mass is 418 g/mol. The van der Waals surface area contributed by atoms with Crippen molar-refractivity contribution in [3.63, 3.8) is 0 Å². The highest BCUT2D eigenvalue weighted by Crippen LogP contribution is 2.41. The van der Waals surface area contributed by atoms with Gasteiger partial charge in [-0.05, 0) is 93.4 Å². The third kappa shape index (κ3) is 3.67. The van der Waals surface area contributed by atoms with Crippen molar-refractivity contribution in [3.8, 4) is 5.75 Å². The van der Waals surface area contributed by atoms with Crippen LogP contribution in [0, 0.1) is 6.92 Å². The van der Waals surface area contributed by atoms with Crippen LogP contribution >= 0.6 is 12.2 Å². The van der Waals surface area contributed by atoms with Crippen molar-refractivity contribution >= 4 is 23.0 Å². The molecule has 0 unspecified atom stereocenters. The average molecular weight is 419 g/mol. The van der Waals surface area contributed by atoms with Crippen LogP contribution in [0.5, 0.6) is 5.75 Å². The maximum Gasteiger partial charge on any atom is 0.174 e. The van der Waals surface area contributed by atoms with E-state index in [0.717, 1.165) is 41.4 Å². The molecule has 2 aliphatic rings. The minimum Gasteiger partial charge on any atom is -0.490 e. The number of nitrogens with zero attached hydrogens (tertiary/aromatic N) is 2. The molecule has 0 radical (unpaired) electrons. The molecule has 1 aliphatic carbocycles. The largest absolute Gasteiger partial charge is 0.490 e. The quantitative estimate of drug-likeness (QED) is 0.557. The number of hydrogen-bond acceptors (Lipinski definition) is 3. The number of aromatic nitrogens is 2. The number of thiocarbonyl (C=S) groups is 1. The van der Waals surface area contributed by atoms with Gasteiger partial charge in [0.1, 0.15) is 11.8 Å². The molecule has 3 aromatic rings. The molecule has 3 heterocycles. The van der Waals surface area contributed by atoms with Gasteiger partial charge in [0.15, 0.2) is 5.11 Å². The molecule has 2 fully saturated rings. The summed E-state index contributed by atoms with van der Waals surface area (Å²) in [6.07, 6.45) is 7.03. The van der Waals surface area contributed by atoms with E-state index in [-0.39, 0.29) is 12.1 Å². The Kier molecular flexibility index (Phi) is 5.17. The summed E-state index contributed by atoms with van der Waals surface area (Å²) in [7, 11) is 0. The molecule has 0 spiro atoms. The van der Waals surface area contributed by atoms with E-state index in [1.54, 1.807) is 0 Å². The van der Waals surface area contributed by atoms with Crippen molar-refractivity contribution in [1.29, 1.82) is 0 Å². The third-order valence-corrected chi connectivity index (χ3v) is 6.31. The van der Waals surface area contributed by atoms with Gasteiger partial charge in [-0.15, -0.1) is 0 Å². The summed E-state index contributed by atoms with van der Waals surface area (Å²) in [4.78, 5) is 10.3. The Hall–Kier alpha value is -2.86. The lowest BCUT2D eigenvalue weighted by Gasteiger charge is -2.27. The number of nitrogens with one attached hydrogen (secondary N) is 2. The second-order valence-electron chi connectivity index (χ2n) is 8.11. The van der Waals surface area contributed by atoms with Crippen molar-refractivity contribution in [2.45, 2.75) is 50.8 Å². The van der Waals surface area contributed by atoms with Crippen LogP contribution in [0.25, 0.3) is 0 Å². The van der Waals surface area contributed by atoms with E-state index in [2.05, 4.69) is 63.5 Å². The van der Waals surface area contributed by atoms with Crippen molar-refractivity contribution in [2.75, 3.05) is 4.90 Å².